The summed E-state index contributed by atoms with van der Waals surface area (Å²) < 4.78 is 6.60. The summed E-state index contributed by atoms with van der Waals surface area (Å²) in [4.78, 5) is 22.0. The summed E-state index contributed by atoms with van der Waals surface area (Å²) in [5.74, 6) is 1.65. The second-order valence-electron chi connectivity index (χ2n) is 18.6. The molecule has 6 heteroatoms. The number of hydrogen-bond donors (Lipinski definition) is 0. The molecule has 5 rings (SSSR count). The van der Waals surface area contributed by atoms with E-state index in [4.69, 9.17) is 0 Å². The van der Waals surface area contributed by atoms with Crippen LogP contribution in [0.3, 0.4) is 0 Å². The summed E-state index contributed by atoms with van der Waals surface area (Å²) in [5.41, 5.74) is 3.14. The van der Waals surface area contributed by atoms with E-state index in [1.807, 2.05) is 0 Å². The van der Waals surface area contributed by atoms with Crippen LogP contribution in [-0.4, -0.2) is 36.8 Å². The van der Waals surface area contributed by atoms with E-state index >= 15 is 0 Å². The fraction of sp³-hybridized carbons (Fsp3) is 0.625. The van der Waals surface area contributed by atoms with Crippen molar-refractivity contribution >= 4 is 108 Å². The first-order chi connectivity index (χ1) is 25.9. The van der Waals surface area contributed by atoms with Gasteiger partial charge in [-0.15, -0.1) is 0 Å². The first-order valence-corrected chi connectivity index (χ1v) is 45.3. The Hall–Kier alpha value is 0.137. The average Bonchev–Trinajstić information content (AvgIpc) is 3.95. The molecule has 54 heavy (non-hydrogen) atoms. The Kier molecular flexibility index (Phi) is 17.9. The Balaban J connectivity index is 1.60. The molecule has 0 aliphatic heterocycles. The van der Waals surface area contributed by atoms with Crippen LogP contribution in [0, 0.1) is 11.8 Å². The van der Waals surface area contributed by atoms with E-state index in [2.05, 4.69) is 139 Å². The number of fused-ring (bicyclic) bond motifs is 2. The summed E-state index contributed by atoms with van der Waals surface area (Å²) in [5, 5.41) is 3.12. The van der Waals surface area contributed by atoms with Crippen LogP contribution in [0.25, 0.3) is 41.1 Å². The topological polar surface area (TPSA) is 0 Å². The minimum absolute atomic E-state index is 0.827. The van der Waals surface area contributed by atoms with Crippen molar-refractivity contribution in [2.45, 2.75) is 173 Å². The van der Waals surface area contributed by atoms with Gasteiger partial charge in [-0.3, -0.25) is 0 Å². The van der Waals surface area contributed by atoms with Gasteiger partial charge in [0, 0.05) is 0 Å². The third-order valence-electron chi connectivity index (χ3n) is 11.6. The van der Waals surface area contributed by atoms with Gasteiger partial charge < -0.3 is 0 Å². The SMILES string of the molecule is CCCCCCC(CCCC)Cc1ccc(-c2c3c[c]([Sn]([CH3])([CH3])[CH3])sc3c(-c3ccc(CC(CCCC)CCCCCC)s3)c3c[c]([Sn]([CH3])([CH3])[CH3])sc23)s1. The number of unbranched alkanes of at least 4 members (excludes halogenated alkanes) is 8. The summed E-state index contributed by atoms with van der Waals surface area (Å²) in [6, 6.07) is 15.5. The van der Waals surface area contributed by atoms with Crippen molar-refractivity contribution in [3.05, 3.63) is 46.2 Å². The molecule has 0 nitrogen and oxygen atoms in total. The molecule has 0 N–H and O–H groups in total. The van der Waals surface area contributed by atoms with Crippen molar-refractivity contribution in [2.24, 2.45) is 11.8 Å². The van der Waals surface area contributed by atoms with Gasteiger partial charge in [0.15, 0.2) is 0 Å². The Labute approximate surface area is 356 Å². The van der Waals surface area contributed by atoms with Crippen molar-refractivity contribution in [1.82, 2.24) is 0 Å². The predicted molar refractivity (Wildman–Crippen MR) is 261 cm³/mol. The van der Waals surface area contributed by atoms with Gasteiger partial charge in [-0.1, -0.05) is 53.4 Å². The normalized spacial score (nSPS) is 13.8. The molecule has 4 aromatic heterocycles. The van der Waals surface area contributed by atoms with Crippen LogP contribution in [0.15, 0.2) is 36.4 Å². The Morgan fingerprint density at radius 2 is 0.815 bits per heavy atom. The maximum atomic E-state index is 2.71. The van der Waals surface area contributed by atoms with Crippen molar-refractivity contribution in [3.8, 4) is 20.9 Å². The summed E-state index contributed by atoms with van der Waals surface area (Å²) in [6.45, 7) is 9.40. The first-order valence-electron chi connectivity index (χ1n) is 22.1. The van der Waals surface area contributed by atoms with Crippen LogP contribution in [0.5, 0.6) is 0 Å². The van der Waals surface area contributed by atoms with Crippen molar-refractivity contribution in [3.63, 3.8) is 0 Å². The van der Waals surface area contributed by atoms with Gasteiger partial charge in [0.1, 0.15) is 0 Å². The van der Waals surface area contributed by atoms with E-state index in [1.165, 1.54) is 125 Å². The number of benzene rings is 1. The molecule has 0 aliphatic carbocycles. The molecule has 0 radical (unpaired) electrons. The van der Waals surface area contributed by atoms with Crippen LogP contribution >= 0.6 is 45.3 Å². The first kappa shape index (κ1) is 45.2. The molecule has 2 unspecified atom stereocenters. The maximum absolute atomic E-state index is 2.71. The van der Waals surface area contributed by atoms with E-state index < -0.39 is 36.8 Å². The van der Waals surface area contributed by atoms with Crippen molar-refractivity contribution < 1.29 is 0 Å². The molecule has 0 saturated carbocycles. The zero-order valence-corrected chi connectivity index (χ0v) is 45.0. The Bertz CT molecular complexity index is 1680. The van der Waals surface area contributed by atoms with Crippen molar-refractivity contribution in [1.29, 1.82) is 0 Å². The molecule has 0 aliphatic rings. The second-order valence-corrected chi connectivity index (χ2v) is 53.9. The molecular weight excluding hydrogens is 942 g/mol. The number of hydrogen-bond acceptors (Lipinski definition) is 4. The standard InChI is InChI=1S/C42H56S4.6CH3.2Sn/c1-5-9-13-15-19-31(17-11-7-3)29-33-21-23-37(45-33)39-35-25-27-44-42(35)40(36-26-28-43-41(36)39)38-24-22-34(46-38)30-32(18-12-8-4)20-16-14-10-6-2;;;;;;;;/h21-26,31-32H,5-20,29-30H2,1-4H3;6*1H3;;. The van der Waals surface area contributed by atoms with Gasteiger partial charge in [0.25, 0.3) is 0 Å². The van der Waals surface area contributed by atoms with Crippen LogP contribution < -0.4 is 5.79 Å². The fourth-order valence-corrected chi connectivity index (χ4v) is 23.6. The third kappa shape index (κ3) is 12.1. The molecular formula is C48H74S4Sn2. The van der Waals surface area contributed by atoms with E-state index in [1.54, 1.807) is 46.8 Å². The Morgan fingerprint density at radius 3 is 1.17 bits per heavy atom. The van der Waals surface area contributed by atoms with Crippen LogP contribution in [0.2, 0.25) is 29.6 Å². The van der Waals surface area contributed by atoms with Gasteiger partial charge in [0.05, 0.1) is 0 Å². The molecule has 4 heterocycles. The average molecular weight is 1020 g/mol. The molecule has 0 amide bonds. The van der Waals surface area contributed by atoms with Crippen LogP contribution in [0.4, 0.5) is 0 Å². The summed E-state index contributed by atoms with van der Waals surface area (Å²) in [6.07, 6.45) is 24.5. The fourth-order valence-electron chi connectivity index (χ4n) is 8.21. The molecule has 5 aromatic rings. The third-order valence-corrected chi connectivity index (χ3v) is 35.0. The number of thiophene rings is 4. The monoisotopic (exact) mass is 1020 g/mol. The van der Waals surface area contributed by atoms with Gasteiger partial charge in [-0.2, -0.15) is 0 Å². The van der Waals surface area contributed by atoms with Gasteiger partial charge >= 0.3 is 306 Å². The quantitative estimate of drug-likeness (QED) is 0.0427. The molecule has 0 bridgehead atoms. The van der Waals surface area contributed by atoms with Crippen LogP contribution in [0.1, 0.15) is 140 Å². The van der Waals surface area contributed by atoms with Gasteiger partial charge in [-0.25, -0.2) is 0 Å². The van der Waals surface area contributed by atoms with E-state index in [9.17, 15) is 0 Å². The van der Waals surface area contributed by atoms with Gasteiger partial charge in [-0.05, 0) is 0 Å². The van der Waals surface area contributed by atoms with E-state index in [-0.39, 0.29) is 0 Å². The van der Waals surface area contributed by atoms with E-state index in [0.717, 1.165) is 11.8 Å². The molecule has 298 valence electrons. The molecule has 0 fully saturated rings. The number of rotatable bonds is 24. The summed E-state index contributed by atoms with van der Waals surface area (Å²) in [7, 11) is 0. The molecule has 0 spiro atoms. The Morgan fingerprint density at radius 1 is 0.444 bits per heavy atom. The minimum atomic E-state index is -2.36. The second kappa shape index (κ2) is 21.4. The molecule has 2 atom stereocenters. The molecule has 1 aromatic carbocycles. The predicted octanol–water partition coefficient (Wildman–Crippen LogP) is 17.3. The molecule has 0 saturated heterocycles. The van der Waals surface area contributed by atoms with Crippen LogP contribution in [-0.2, 0) is 12.8 Å². The van der Waals surface area contributed by atoms with E-state index in [0.29, 0.717) is 0 Å². The van der Waals surface area contributed by atoms with Crippen molar-refractivity contribution in [2.75, 3.05) is 0 Å². The zero-order chi connectivity index (χ0) is 38.9. The summed E-state index contributed by atoms with van der Waals surface area (Å²) >= 11 is 3.91. The zero-order valence-electron chi connectivity index (χ0n) is 36.0. The van der Waals surface area contributed by atoms with Gasteiger partial charge in [0.2, 0.25) is 0 Å².